The first-order valence-electron chi connectivity index (χ1n) is 3.24. The van der Waals surface area contributed by atoms with E-state index in [9.17, 15) is 9.59 Å². The fraction of sp³-hybridized carbons (Fsp3) is 0.250. The van der Waals surface area contributed by atoms with Crippen molar-refractivity contribution in [1.82, 2.24) is 0 Å². The number of hydrogen-bond donors (Lipinski definition) is 1. The van der Waals surface area contributed by atoms with Gasteiger partial charge in [-0.1, -0.05) is 12.2 Å². The Morgan fingerprint density at radius 2 is 2.00 bits per heavy atom. The Morgan fingerprint density at radius 3 is 2.42 bits per heavy atom. The molecular weight excluding hydrogens is 160 g/mol. The zero-order chi connectivity index (χ0) is 9.56. The van der Waals surface area contributed by atoms with Crippen LogP contribution in [0.4, 0.5) is 0 Å². The van der Waals surface area contributed by atoms with Crippen molar-refractivity contribution in [2.45, 2.75) is 6.92 Å². The molecule has 0 saturated heterocycles. The average Bonchev–Trinajstić information content (AvgIpc) is 2.03. The second kappa shape index (κ2) is 5.12. The summed E-state index contributed by atoms with van der Waals surface area (Å²) in [5, 5.41) is 8.39. The van der Waals surface area contributed by atoms with Crippen LogP contribution in [0.5, 0.6) is 0 Å². The molecule has 0 spiro atoms. The predicted molar refractivity (Wildman–Crippen MR) is 42.5 cm³/mol. The molecule has 0 aromatic carbocycles. The average molecular weight is 170 g/mol. The highest BCUT2D eigenvalue weighted by Gasteiger charge is 1.96. The highest BCUT2D eigenvalue weighted by Crippen LogP contribution is 1.92. The van der Waals surface area contributed by atoms with Crippen LogP contribution in [0.3, 0.4) is 0 Å². The number of carbonyl (C=O) groups is 2. The molecule has 0 aliphatic rings. The summed E-state index contributed by atoms with van der Waals surface area (Å²) in [5.41, 5.74) is 0.162. The van der Waals surface area contributed by atoms with Crippen LogP contribution < -0.4 is 0 Å². The van der Waals surface area contributed by atoms with E-state index in [4.69, 9.17) is 5.11 Å². The molecule has 0 heterocycles. The highest BCUT2D eigenvalue weighted by atomic mass is 16.5. The summed E-state index contributed by atoms with van der Waals surface area (Å²) >= 11 is 0. The molecule has 4 heteroatoms. The van der Waals surface area contributed by atoms with Gasteiger partial charge in [-0.2, -0.15) is 0 Å². The minimum Gasteiger partial charge on any atom is -0.478 e. The van der Waals surface area contributed by atoms with E-state index < -0.39 is 11.9 Å². The Hall–Kier alpha value is -1.58. The first kappa shape index (κ1) is 10.4. The van der Waals surface area contributed by atoms with Crippen molar-refractivity contribution in [3.63, 3.8) is 0 Å². The van der Waals surface area contributed by atoms with Gasteiger partial charge < -0.3 is 9.84 Å². The van der Waals surface area contributed by atoms with E-state index in [1.54, 1.807) is 0 Å². The van der Waals surface area contributed by atoms with E-state index in [0.717, 1.165) is 6.08 Å². The van der Waals surface area contributed by atoms with Gasteiger partial charge >= 0.3 is 11.9 Å². The van der Waals surface area contributed by atoms with Crippen molar-refractivity contribution >= 4 is 11.9 Å². The first-order chi connectivity index (χ1) is 5.57. The van der Waals surface area contributed by atoms with Gasteiger partial charge in [0.2, 0.25) is 0 Å². The normalized spacial score (nSPS) is 11.7. The number of carbonyl (C=O) groups excluding carboxylic acids is 1. The maximum atomic E-state index is 10.5. The molecule has 0 aliphatic carbocycles. The summed E-state index contributed by atoms with van der Waals surface area (Å²) < 4.78 is 4.29. The van der Waals surface area contributed by atoms with E-state index in [-0.39, 0.29) is 5.57 Å². The van der Waals surface area contributed by atoms with Gasteiger partial charge in [-0.3, -0.25) is 0 Å². The van der Waals surface area contributed by atoms with Crippen molar-refractivity contribution in [1.29, 1.82) is 0 Å². The van der Waals surface area contributed by atoms with Crippen LogP contribution in [0.15, 0.2) is 23.8 Å². The largest absolute Gasteiger partial charge is 0.478 e. The molecule has 66 valence electrons. The minimum absolute atomic E-state index is 0.162. The second-order valence-electron chi connectivity index (χ2n) is 2.04. The highest BCUT2D eigenvalue weighted by molar-refractivity contribution is 5.87. The van der Waals surface area contributed by atoms with E-state index in [1.807, 2.05) is 0 Å². The van der Waals surface area contributed by atoms with Gasteiger partial charge in [0, 0.05) is 11.6 Å². The van der Waals surface area contributed by atoms with E-state index >= 15 is 0 Å². The number of allylic oxidation sites excluding steroid dienone is 2. The summed E-state index contributed by atoms with van der Waals surface area (Å²) in [6, 6.07) is 0. The molecule has 0 unspecified atom stereocenters. The van der Waals surface area contributed by atoms with Gasteiger partial charge in [-0.15, -0.1) is 0 Å². The third-order valence-electron chi connectivity index (χ3n) is 1.12. The Kier molecular flexibility index (Phi) is 4.45. The van der Waals surface area contributed by atoms with Crippen LogP contribution in [-0.2, 0) is 14.3 Å². The Morgan fingerprint density at radius 1 is 1.42 bits per heavy atom. The van der Waals surface area contributed by atoms with Crippen LogP contribution in [-0.4, -0.2) is 24.2 Å². The number of methoxy groups -OCH3 is 1. The SMILES string of the molecule is COC(=O)/C=C\C=C(\C)C(=O)O. The zero-order valence-corrected chi connectivity index (χ0v) is 6.90. The van der Waals surface area contributed by atoms with E-state index in [1.165, 1.54) is 26.2 Å². The quantitative estimate of drug-likeness (QED) is 0.385. The Bertz CT molecular complexity index is 237. The molecule has 0 rings (SSSR count). The fourth-order valence-corrected chi connectivity index (χ4v) is 0.410. The number of rotatable bonds is 3. The number of carboxylic acid groups (broad SMARTS) is 1. The fourth-order valence-electron chi connectivity index (χ4n) is 0.410. The van der Waals surface area contributed by atoms with Crippen molar-refractivity contribution in [2.75, 3.05) is 7.11 Å². The first-order valence-corrected chi connectivity index (χ1v) is 3.24. The zero-order valence-electron chi connectivity index (χ0n) is 6.90. The van der Waals surface area contributed by atoms with Crippen molar-refractivity contribution in [3.8, 4) is 0 Å². The number of esters is 1. The number of hydrogen-bond acceptors (Lipinski definition) is 3. The van der Waals surface area contributed by atoms with E-state index in [0.29, 0.717) is 0 Å². The maximum Gasteiger partial charge on any atom is 0.331 e. The molecule has 0 bridgehead atoms. The topological polar surface area (TPSA) is 63.6 Å². The molecular formula is C8H10O4. The second-order valence-corrected chi connectivity index (χ2v) is 2.04. The summed E-state index contributed by atoms with van der Waals surface area (Å²) in [7, 11) is 1.25. The number of ether oxygens (including phenoxy) is 1. The number of carboxylic acids is 1. The molecule has 0 amide bonds. The van der Waals surface area contributed by atoms with Crippen LogP contribution >= 0.6 is 0 Å². The van der Waals surface area contributed by atoms with Gasteiger partial charge in [0.25, 0.3) is 0 Å². The third kappa shape index (κ3) is 4.27. The van der Waals surface area contributed by atoms with Gasteiger partial charge in [0.1, 0.15) is 0 Å². The minimum atomic E-state index is -1.01. The van der Waals surface area contributed by atoms with Gasteiger partial charge in [0.05, 0.1) is 7.11 Å². The van der Waals surface area contributed by atoms with Crippen molar-refractivity contribution in [3.05, 3.63) is 23.8 Å². The third-order valence-corrected chi connectivity index (χ3v) is 1.12. The Labute approximate surface area is 70.1 Å². The summed E-state index contributed by atoms with van der Waals surface area (Å²) in [6.07, 6.45) is 3.79. The van der Waals surface area contributed by atoms with Crippen molar-refractivity contribution < 1.29 is 19.4 Å². The van der Waals surface area contributed by atoms with Gasteiger partial charge in [-0.25, -0.2) is 9.59 Å². The molecule has 0 saturated carbocycles. The van der Waals surface area contributed by atoms with Crippen LogP contribution in [0.1, 0.15) is 6.92 Å². The maximum absolute atomic E-state index is 10.5. The smallest absolute Gasteiger partial charge is 0.331 e. The van der Waals surface area contributed by atoms with Crippen LogP contribution in [0, 0.1) is 0 Å². The summed E-state index contributed by atoms with van der Waals surface area (Å²) in [6.45, 7) is 1.43. The lowest BCUT2D eigenvalue weighted by atomic mass is 10.3. The number of aliphatic carboxylic acids is 1. The standard InChI is InChI=1S/C8H10O4/c1-6(8(10)11)4-3-5-7(9)12-2/h3-5H,1-2H3,(H,10,11)/b5-3-,6-4-. The predicted octanol–water partition coefficient (Wildman–Crippen LogP) is 0.746. The monoisotopic (exact) mass is 170 g/mol. The Balaban J connectivity index is 4.12. The molecule has 0 aromatic rings. The molecule has 12 heavy (non-hydrogen) atoms. The molecule has 0 radical (unpaired) electrons. The molecule has 0 fully saturated rings. The van der Waals surface area contributed by atoms with Crippen LogP contribution in [0.2, 0.25) is 0 Å². The van der Waals surface area contributed by atoms with E-state index in [2.05, 4.69) is 4.74 Å². The lowest BCUT2D eigenvalue weighted by molar-refractivity contribution is -0.135. The molecule has 0 aromatic heterocycles. The molecule has 0 atom stereocenters. The summed E-state index contributed by atoms with van der Waals surface area (Å²) in [5.74, 6) is -1.52. The molecule has 0 aliphatic heterocycles. The van der Waals surface area contributed by atoms with Gasteiger partial charge in [0.15, 0.2) is 0 Å². The lowest BCUT2D eigenvalue weighted by Crippen LogP contribution is -1.96. The van der Waals surface area contributed by atoms with Gasteiger partial charge in [-0.05, 0) is 6.92 Å². The summed E-state index contributed by atoms with van der Waals surface area (Å²) in [4.78, 5) is 20.7. The lowest BCUT2D eigenvalue weighted by Gasteiger charge is -1.88. The van der Waals surface area contributed by atoms with Crippen molar-refractivity contribution in [2.24, 2.45) is 0 Å². The molecule has 4 nitrogen and oxygen atoms in total. The van der Waals surface area contributed by atoms with Crippen LogP contribution in [0.25, 0.3) is 0 Å². The molecule has 1 N–H and O–H groups in total.